The third-order valence-corrected chi connectivity index (χ3v) is 1.12. The van der Waals surface area contributed by atoms with Gasteiger partial charge in [-0.3, -0.25) is 9.78 Å². The number of aromatic nitrogens is 1. The summed E-state index contributed by atoms with van der Waals surface area (Å²) in [4.78, 5) is 14.6. The van der Waals surface area contributed by atoms with Gasteiger partial charge in [-0.25, -0.2) is 0 Å². The molecular weight excluding hydrogens is 144 g/mol. The smallest absolute Gasteiger partial charge is 0.208 e. The molecule has 0 unspecified atom stereocenters. The molecule has 0 atom stereocenters. The highest BCUT2D eigenvalue weighted by Crippen LogP contribution is 1.94. The van der Waals surface area contributed by atoms with Crippen LogP contribution in [0.3, 0.4) is 0 Å². The first-order valence-electron chi connectivity index (χ1n) is 2.96. The molecule has 4 nitrogen and oxygen atoms in total. The molecule has 1 heterocycles. The summed E-state index contributed by atoms with van der Waals surface area (Å²) in [7, 11) is 0. The van der Waals surface area contributed by atoms with Crippen LogP contribution in [0.4, 0.5) is 0 Å². The Morgan fingerprint density at radius 1 is 1.73 bits per heavy atom. The molecule has 0 amide bonds. The number of Topliss-reactive ketones (excluding diaryl/α,β-unsaturated/α-hetero) is 1. The van der Waals surface area contributed by atoms with E-state index in [0.29, 0.717) is 5.56 Å². The zero-order chi connectivity index (χ0) is 8.10. The number of carbonyl (C=O) groups is 1. The number of rotatable bonds is 2. The second kappa shape index (κ2) is 3.46. The van der Waals surface area contributed by atoms with Crippen molar-refractivity contribution in [2.24, 2.45) is 5.16 Å². The first-order valence-corrected chi connectivity index (χ1v) is 2.96. The predicted molar refractivity (Wildman–Crippen MR) is 38.8 cm³/mol. The third kappa shape index (κ3) is 1.86. The van der Waals surface area contributed by atoms with Crippen molar-refractivity contribution >= 4 is 12.0 Å². The molecule has 1 N–H and O–H groups in total. The van der Waals surface area contributed by atoms with Crippen molar-refractivity contribution < 1.29 is 10.0 Å². The molecule has 11 heavy (non-hydrogen) atoms. The Morgan fingerprint density at radius 2 is 2.55 bits per heavy atom. The molecule has 0 radical (unpaired) electrons. The molecule has 0 saturated heterocycles. The summed E-state index contributed by atoms with van der Waals surface area (Å²) in [6, 6.07) is 3.23. The first-order chi connectivity index (χ1) is 5.34. The van der Waals surface area contributed by atoms with Gasteiger partial charge in [-0.1, -0.05) is 5.16 Å². The van der Waals surface area contributed by atoms with Gasteiger partial charge in [-0.2, -0.15) is 0 Å². The van der Waals surface area contributed by atoms with E-state index in [9.17, 15) is 4.79 Å². The molecule has 1 rings (SSSR count). The summed E-state index contributed by atoms with van der Waals surface area (Å²) in [6.07, 6.45) is 3.80. The molecule has 4 heteroatoms. The van der Waals surface area contributed by atoms with Crippen LogP contribution in [0.25, 0.3) is 0 Å². The molecular formula is C7H6N2O2. The average molecular weight is 150 g/mol. The van der Waals surface area contributed by atoms with Crippen LogP contribution in [0.2, 0.25) is 0 Å². The molecule has 0 aliphatic carbocycles. The van der Waals surface area contributed by atoms with Crippen LogP contribution in [0, 0.1) is 0 Å². The van der Waals surface area contributed by atoms with E-state index in [-0.39, 0.29) is 5.78 Å². The maximum Gasteiger partial charge on any atom is 0.208 e. The Bertz CT molecular complexity index is 269. The molecule has 56 valence electrons. The van der Waals surface area contributed by atoms with Gasteiger partial charge in [0.15, 0.2) is 0 Å². The molecule has 0 saturated carbocycles. The third-order valence-electron chi connectivity index (χ3n) is 1.12. The predicted octanol–water partition coefficient (Wildman–Crippen LogP) is 0.724. The van der Waals surface area contributed by atoms with E-state index in [4.69, 9.17) is 5.21 Å². The summed E-state index contributed by atoms with van der Waals surface area (Å²) in [5, 5.41) is 10.6. The Morgan fingerprint density at radius 3 is 3.09 bits per heavy atom. The Balaban J connectivity index is 2.86. The van der Waals surface area contributed by atoms with Gasteiger partial charge >= 0.3 is 0 Å². The monoisotopic (exact) mass is 150 g/mol. The van der Waals surface area contributed by atoms with Gasteiger partial charge in [-0.05, 0) is 12.1 Å². The molecule has 0 spiro atoms. The van der Waals surface area contributed by atoms with E-state index in [2.05, 4.69) is 10.1 Å². The van der Waals surface area contributed by atoms with Crippen molar-refractivity contribution in [2.75, 3.05) is 0 Å². The van der Waals surface area contributed by atoms with Gasteiger partial charge in [0, 0.05) is 18.0 Å². The van der Waals surface area contributed by atoms with Crippen molar-refractivity contribution in [2.45, 2.75) is 0 Å². The van der Waals surface area contributed by atoms with Crippen LogP contribution in [0.5, 0.6) is 0 Å². The Labute approximate surface area is 63.2 Å². The van der Waals surface area contributed by atoms with E-state index >= 15 is 0 Å². The fraction of sp³-hybridized carbons (Fsp3) is 0. The van der Waals surface area contributed by atoms with Crippen molar-refractivity contribution in [1.29, 1.82) is 0 Å². The lowest BCUT2D eigenvalue weighted by atomic mass is 10.2. The SMILES string of the molecule is O=C(/C=N\O)c1cccnc1. The molecule has 1 aromatic rings. The van der Waals surface area contributed by atoms with Gasteiger partial charge in [0.1, 0.15) is 6.21 Å². The zero-order valence-electron chi connectivity index (χ0n) is 5.64. The van der Waals surface area contributed by atoms with E-state index in [1.165, 1.54) is 6.20 Å². The number of hydrogen-bond acceptors (Lipinski definition) is 4. The molecule has 1 aromatic heterocycles. The lowest BCUT2D eigenvalue weighted by Gasteiger charge is -1.89. The van der Waals surface area contributed by atoms with Crippen molar-refractivity contribution in [3.63, 3.8) is 0 Å². The van der Waals surface area contributed by atoms with Crippen LogP contribution in [0.15, 0.2) is 29.7 Å². The van der Waals surface area contributed by atoms with Crippen molar-refractivity contribution in [1.82, 2.24) is 4.98 Å². The van der Waals surface area contributed by atoms with Crippen LogP contribution >= 0.6 is 0 Å². The number of oxime groups is 1. The van der Waals surface area contributed by atoms with Gasteiger partial charge in [0.05, 0.1) is 0 Å². The summed E-state index contributed by atoms with van der Waals surface area (Å²) >= 11 is 0. The second-order valence-electron chi connectivity index (χ2n) is 1.85. The fourth-order valence-corrected chi connectivity index (χ4v) is 0.635. The van der Waals surface area contributed by atoms with Crippen molar-refractivity contribution in [3.05, 3.63) is 30.1 Å². The average Bonchev–Trinajstić information content (AvgIpc) is 2.07. The summed E-state index contributed by atoms with van der Waals surface area (Å²) in [6.45, 7) is 0. The highest BCUT2D eigenvalue weighted by molar-refractivity contribution is 6.35. The number of hydrogen-bond donors (Lipinski definition) is 1. The second-order valence-corrected chi connectivity index (χ2v) is 1.85. The highest BCUT2D eigenvalue weighted by Gasteiger charge is 1.99. The minimum Gasteiger partial charge on any atom is -0.411 e. The summed E-state index contributed by atoms with van der Waals surface area (Å²) in [5.41, 5.74) is 0.408. The van der Waals surface area contributed by atoms with Crippen molar-refractivity contribution in [3.8, 4) is 0 Å². The van der Waals surface area contributed by atoms with Gasteiger partial charge < -0.3 is 5.21 Å². The van der Waals surface area contributed by atoms with Crippen LogP contribution in [-0.4, -0.2) is 22.2 Å². The summed E-state index contributed by atoms with van der Waals surface area (Å²) in [5.74, 6) is -0.361. The minimum atomic E-state index is -0.361. The zero-order valence-corrected chi connectivity index (χ0v) is 5.64. The van der Waals surface area contributed by atoms with E-state index in [0.717, 1.165) is 6.21 Å². The van der Waals surface area contributed by atoms with Crippen LogP contribution in [0.1, 0.15) is 10.4 Å². The lowest BCUT2D eigenvalue weighted by molar-refractivity contribution is 0.106. The standard InChI is InChI=1S/C7H6N2O2/c10-7(5-9-11)6-2-1-3-8-4-6/h1-5,11H/b9-5-. The number of ketones is 1. The molecule has 0 bridgehead atoms. The number of pyridine rings is 1. The molecule has 0 aromatic carbocycles. The van der Waals surface area contributed by atoms with E-state index in [1.54, 1.807) is 18.3 Å². The normalized spacial score (nSPS) is 10.2. The van der Waals surface area contributed by atoms with E-state index in [1.807, 2.05) is 0 Å². The number of carbonyl (C=O) groups excluding carboxylic acids is 1. The Hall–Kier alpha value is -1.71. The quantitative estimate of drug-likeness (QED) is 0.292. The Kier molecular flexibility index (Phi) is 2.32. The molecule has 0 aliphatic rings. The summed E-state index contributed by atoms with van der Waals surface area (Å²) < 4.78 is 0. The highest BCUT2D eigenvalue weighted by atomic mass is 16.4. The topological polar surface area (TPSA) is 62.5 Å². The fourth-order valence-electron chi connectivity index (χ4n) is 0.635. The maximum absolute atomic E-state index is 10.9. The molecule has 0 aliphatic heterocycles. The maximum atomic E-state index is 10.9. The van der Waals surface area contributed by atoms with Crippen LogP contribution < -0.4 is 0 Å². The minimum absolute atomic E-state index is 0.361. The van der Waals surface area contributed by atoms with Gasteiger partial charge in [0.25, 0.3) is 0 Å². The first kappa shape index (κ1) is 7.40. The lowest BCUT2D eigenvalue weighted by Crippen LogP contribution is -1.99. The van der Waals surface area contributed by atoms with Gasteiger partial charge in [-0.15, -0.1) is 0 Å². The van der Waals surface area contributed by atoms with Crippen LogP contribution in [-0.2, 0) is 0 Å². The molecule has 0 fully saturated rings. The van der Waals surface area contributed by atoms with E-state index < -0.39 is 0 Å². The largest absolute Gasteiger partial charge is 0.411 e. The number of nitrogens with zero attached hydrogens (tertiary/aromatic N) is 2. The van der Waals surface area contributed by atoms with Gasteiger partial charge in [0.2, 0.25) is 5.78 Å².